The highest BCUT2D eigenvalue weighted by Gasteiger charge is 2.25. The third-order valence-corrected chi connectivity index (χ3v) is 5.03. The number of rotatable bonds is 5. The SMILES string of the molecule is CC(=O)c1nc2ccccc2n1CC1CCN(Cc2ccccc2)C1. The van der Waals surface area contributed by atoms with E-state index in [4.69, 9.17) is 0 Å². The van der Waals surface area contributed by atoms with E-state index in [1.165, 1.54) is 5.56 Å². The molecule has 0 radical (unpaired) electrons. The highest BCUT2D eigenvalue weighted by Crippen LogP contribution is 2.24. The van der Waals surface area contributed by atoms with E-state index in [1.807, 2.05) is 18.2 Å². The van der Waals surface area contributed by atoms with Gasteiger partial charge in [0, 0.05) is 26.6 Å². The number of aromatic nitrogens is 2. The van der Waals surface area contributed by atoms with E-state index >= 15 is 0 Å². The zero-order valence-electron chi connectivity index (χ0n) is 14.6. The number of nitrogens with zero attached hydrogens (tertiary/aromatic N) is 3. The molecule has 0 N–H and O–H groups in total. The molecule has 2 heterocycles. The summed E-state index contributed by atoms with van der Waals surface area (Å²) < 4.78 is 2.12. The fraction of sp³-hybridized carbons (Fsp3) is 0.333. The monoisotopic (exact) mass is 333 g/mol. The van der Waals surface area contributed by atoms with Crippen molar-refractivity contribution in [1.82, 2.24) is 14.5 Å². The van der Waals surface area contributed by atoms with Gasteiger partial charge in [-0.05, 0) is 36.6 Å². The molecule has 0 saturated carbocycles. The van der Waals surface area contributed by atoms with Crippen LogP contribution in [0.4, 0.5) is 0 Å². The van der Waals surface area contributed by atoms with E-state index in [-0.39, 0.29) is 5.78 Å². The van der Waals surface area contributed by atoms with Gasteiger partial charge in [0.1, 0.15) is 0 Å². The van der Waals surface area contributed by atoms with Crippen LogP contribution in [0.5, 0.6) is 0 Å². The van der Waals surface area contributed by atoms with E-state index in [1.54, 1.807) is 6.92 Å². The van der Waals surface area contributed by atoms with Crippen molar-refractivity contribution in [3.05, 3.63) is 66.0 Å². The summed E-state index contributed by atoms with van der Waals surface area (Å²) in [5.41, 5.74) is 3.33. The summed E-state index contributed by atoms with van der Waals surface area (Å²) in [6.45, 7) is 5.65. The molecule has 2 aromatic carbocycles. The van der Waals surface area contributed by atoms with Crippen LogP contribution in [-0.4, -0.2) is 33.3 Å². The first-order valence-corrected chi connectivity index (χ1v) is 8.93. The Kier molecular flexibility index (Phi) is 4.36. The van der Waals surface area contributed by atoms with Crippen LogP contribution in [0.15, 0.2) is 54.6 Å². The number of Topliss-reactive ketones (excluding diaryl/α,β-unsaturated/α-hetero) is 1. The lowest BCUT2D eigenvalue weighted by Crippen LogP contribution is -2.22. The summed E-state index contributed by atoms with van der Waals surface area (Å²) in [6, 6.07) is 18.7. The maximum absolute atomic E-state index is 12.0. The number of likely N-dealkylation sites (tertiary alicyclic amines) is 1. The summed E-state index contributed by atoms with van der Waals surface area (Å²) in [6.07, 6.45) is 1.16. The van der Waals surface area contributed by atoms with Crippen molar-refractivity contribution in [2.24, 2.45) is 5.92 Å². The van der Waals surface area contributed by atoms with Crippen LogP contribution in [0.25, 0.3) is 11.0 Å². The van der Waals surface area contributed by atoms with Crippen molar-refractivity contribution in [1.29, 1.82) is 0 Å². The molecular weight excluding hydrogens is 310 g/mol. The molecule has 1 unspecified atom stereocenters. The number of ketones is 1. The minimum atomic E-state index is 0.0374. The van der Waals surface area contributed by atoms with Crippen LogP contribution in [-0.2, 0) is 13.1 Å². The lowest BCUT2D eigenvalue weighted by molar-refractivity contribution is 0.0999. The lowest BCUT2D eigenvalue weighted by Gasteiger charge is -2.17. The van der Waals surface area contributed by atoms with Gasteiger partial charge in [-0.2, -0.15) is 0 Å². The number of imidazole rings is 1. The first-order valence-electron chi connectivity index (χ1n) is 8.93. The van der Waals surface area contributed by atoms with Crippen LogP contribution >= 0.6 is 0 Å². The van der Waals surface area contributed by atoms with Gasteiger partial charge in [0.2, 0.25) is 0 Å². The minimum absolute atomic E-state index is 0.0374. The van der Waals surface area contributed by atoms with E-state index in [0.717, 1.165) is 43.6 Å². The van der Waals surface area contributed by atoms with E-state index in [0.29, 0.717) is 11.7 Å². The van der Waals surface area contributed by atoms with E-state index in [9.17, 15) is 4.79 Å². The second kappa shape index (κ2) is 6.81. The number of fused-ring (bicyclic) bond motifs is 1. The average Bonchev–Trinajstić information content (AvgIpc) is 3.21. The summed E-state index contributed by atoms with van der Waals surface area (Å²) in [5.74, 6) is 1.18. The Morgan fingerprint density at radius 1 is 1.12 bits per heavy atom. The number of carbonyl (C=O) groups is 1. The first-order chi connectivity index (χ1) is 12.2. The minimum Gasteiger partial charge on any atom is -0.321 e. The molecule has 1 aromatic heterocycles. The van der Waals surface area contributed by atoms with E-state index < -0.39 is 0 Å². The van der Waals surface area contributed by atoms with Crippen LogP contribution in [0, 0.1) is 5.92 Å². The Morgan fingerprint density at radius 3 is 2.68 bits per heavy atom. The highest BCUT2D eigenvalue weighted by atomic mass is 16.1. The molecular formula is C21H23N3O. The molecule has 0 spiro atoms. The molecule has 1 aliphatic rings. The largest absolute Gasteiger partial charge is 0.321 e. The van der Waals surface area contributed by atoms with Gasteiger partial charge in [0.25, 0.3) is 0 Å². The molecule has 1 saturated heterocycles. The lowest BCUT2D eigenvalue weighted by atomic mass is 10.1. The molecule has 0 bridgehead atoms. The topological polar surface area (TPSA) is 38.1 Å². The van der Waals surface area contributed by atoms with Gasteiger partial charge >= 0.3 is 0 Å². The van der Waals surface area contributed by atoms with Crippen molar-refractivity contribution in [3.8, 4) is 0 Å². The second-order valence-corrected chi connectivity index (χ2v) is 6.97. The summed E-state index contributed by atoms with van der Waals surface area (Å²) in [7, 11) is 0. The zero-order chi connectivity index (χ0) is 17.2. The van der Waals surface area contributed by atoms with Gasteiger partial charge in [-0.25, -0.2) is 4.98 Å². The number of hydrogen-bond donors (Lipinski definition) is 0. The molecule has 0 aliphatic carbocycles. The molecule has 128 valence electrons. The van der Waals surface area contributed by atoms with E-state index in [2.05, 4.69) is 50.8 Å². The summed E-state index contributed by atoms with van der Waals surface area (Å²) in [4.78, 5) is 19.1. The van der Waals surface area contributed by atoms with Gasteiger partial charge in [-0.1, -0.05) is 42.5 Å². The predicted octanol–water partition coefficient (Wildman–Crippen LogP) is 3.76. The molecule has 4 nitrogen and oxygen atoms in total. The molecule has 3 aromatic rings. The molecule has 4 heteroatoms. The van der Waals surface area contributed by atoms with Gasteiger partial charge in [-0.3, -0.25) is 9.69 Å². The van der Waals surface area contributed by atoms with Crippen LogP contribution in [0.1, 0.15) is 29.5 Å². The third kappa shape index (κ3) is 3.35. The van der Waals surface area contributed by atoms with Gasteiger partial charge in [-0.15, -0.1) is 0 Å². The van der Waals surface area contributed by atoms with Gasteiger partial charge in [0.15, 0.2) is 11.6 Å². The highest BCUT2D eigenvalue weighted by molar-refractivity contribution is 5.94. The van der Waals surface area contributed by atoms with Crippen molar-refractivity contribution in [3.63, 3.8) is 0 Å². The van der Waals surface area contributed by atoms with Crippen LogP contribution in [0.3, 0.4) is 0 Å². The molecule has 1 fully saturated rings. The predicted molar refractivity (Wildman–Crippen MR) is 99.6 cm³/mol. The normalized spacial score (nSPS) is 18.0. The zero-order valence-corrected chi connectivity index (χ0v) is 14.6. The Hall–Kier alpha value is -2.46. The van der Waals surface area contributed by atoms with Crippen molar-refractivity contribution in [2.75, 3.05) is 13.1 Å². The molecule has 1 aliphatic heterocycles. The van der Waals surface area contributed by atoms with Crippen molar-refractivity contribution < 1.29 is 4.79 Å². The fourth-order valence-corrected chi connectivity index (χ4v) is 3.83. The quantitative estimate of drug-likeness (QED) is 0.667. The molecule has 4 rings (SSSR count). The maximum atomic E-state index is 12.0. The van der Waals surface area contributed by atoms with Gasteiger partial charge < -0.3 is 4.57 Å². The number of benzene rings is 2. The molecule has 1 atom stereocenters. The standard InChI is InChI=1S/C21H23N3O/c1-16(25)21-22-19-9-5-6-10-20(19)24(21)15-18-11-12-23(14-18)13-17-7-3-2-4-8-17/h2-10,18H,11-15H2,1H3. The van der Waals surface area contributed by atoms with Crippen molar-refractivity contribution in [2.45, 2.75) is 26.4 Å². The Labute approximate surface area is 148 Å². The Bertz CT molecular complexity index is 885. The first kappa shape index (κ1) is 16.0. The average molecular weight is 333 g/mol. The second-order valence-electron chi connectivity index (χ2n) is 6.97. The van der Waals surface area contributed by atoms with Crippen molar-refractivity contribution >= 4 is 16.8 Å². The fourth-order valence-electron chi connectivity index (χ4n) is 3.83. The number of carbonyl (C=O) groups excluding carboxylic acids is 1. The third-order valence-electron chi connectivity index (χ3n) is 5.03. The summed E-state index contributed by atoms with van der Waals surface area (Å²) >= 11 is 0. The molecule has 0 amide bonds. The van der Waals surface area contributed by atoms with Crippen LogP contribution in [0.2, 0.25) is 0 Å². The summed E-state index contributed by atoms with van der Waals surface area (Å²) in [5, 5.41) is 0. The molecule has 25 heavy (non-hydrogen) atoms. The Balaban J connectivity index is 1.50. The van der Waals surface area contributed by atoms with Crippen LogP contribution < -0.4 is 0 Å². The maximum Gasteiger partial charge on any atom is 0.195 e. The Morgan fingerprint density at radius 2 is 1.88 bits per heavy atom. The smallest absolute Gasteiger partial charge is 0.195 e. The van der Waals surface area contributed by atoms with Gasteiger partial charge in [0.05, 0.1) is 11.0 Å². The number of para-hydroxylation sites is 2. The number of hydrogen-bond acceptors (Lipinski definition) is 3.